The van der Waals surface area contributed by atoms with E-state index in [0.717, 1.165) is 49.9 Å². The molecule has 0 radical (unpaired) electrons. The molecular weight excluding hydrogens is 428 g/mol. The Morgan fingerprint density at radius 3 is 1.29 bits per heavy atom. The smallest absolute Gasteiger partial charge is 0.211 e. The molecule has 0 bridgehead atoms. The van der Waals surface area contributed by atoms with Gasteiger partial charge >= 0.3 is 0 Å². The highest BCUT2D eigenvalue weighted by Gasteiger charge is 2.11. The summed E-state index contributed by atoms with van der Waals surface area (Å²) in [5.74, 6) is 0.407. The number of hydrogen-bond acceptors (Lipinski definition) is 6. The molecule has 2 aromatic rings. The second-order valence-electron chi connectivity index (χ2n) is 7.68. The summed E-state index contributed by atoms with van der Waals surface area (Å²) in [5.41, 5.74) is 13.7. The van der Waals surface area contributed by atoms with Crippen LogP contribution in [0.25, 0.3) is 0 Å². The molecule has 178 valence electrons. The van der Waals surface area contributed by atoms with Crippen molar-refractivity contribution in [2.45, 2.75) is 51.4 Å². The molecule has 10 nitrogen and oxygen atoms in total. The van der Waals surface area contributed by atoms with Gasteiger partial charge in [-0.1, -0.05) is 38.5 Å². The Bertz CT molecular complexity index is 895. The van der Waals surface area contributed by atoms with Crippen molar-refractivity contribution in [2.75, 3.05) is 22.9 Å². The van der Waals surface area contributed by atoms with Crippen molar-refractivity contribution in [3.8, 4) is 12.4 Å². The first-order valence-electron chi connectivity index (χ1n) is 11.5. The van der Waals surface area contributed by atoms with Gasteiger partial charge in [-0.15, -0.1) is 9.98 Å². The summed E-state index contributed by atoms with van der Waals surface area (Å²) < 4.78 is 0. The SMILES string of the molecule is N#CN=C(N)N(CCCCCCCCCCN(C(N)=NC#N)c1ccncc1)c1ccncc1. The van der Waals surface area contributed by atoms with Crippen LogP contribution in [-0.2, 0) is 0 Å². The molecule has 10 heteroatoms. The highest BCUT2D eigenvalue weighted by atomic mass is 15.3. The summed E-state index contributed by atoms with van der Waals surface area (Å²) >= 11 is 0. The third-order valence-corrected chi connectivity index (χ3v) is 5.34. The maximum atomic E-state index is 8.82. The van der Waals surface area contributed by atoms with Crippen LogP contribution in [0.1, 0.15) is 51.4 Å². The summed E-state index contributed by atoms with van der Waals surface area (Å²) in [6.45, 7) is 1.41. The third-order valence-electron chi connectivity index (χ3n) is 5.34. The Hall–Kier alpha value is -4.18. The number of anilines is 2. The van der Waals surface area contributed by atoms with Crippen molar-refractivity contribution in [3.63, 3.8) is 0 Å². The number of rotatable bonds is 13. The topological polar surface area (TPSA) is 157 Å². The van der Waals surface area contributed by atoms with E-state index in [0.29, 0.717) is 13.1 Å². The van der Waals surface area contributed by atoms with Crippen LogP contribution >= 0.6 is 0 Å². The number of nitrogens with zero attached hydrogens (tertiary/aromatic N) is 8. The molecule has 2 rings (SSSR count). The zero-order valence-electron chi connectivity index (χ0n) is 19.4. The van der Waals surface area contributed by atoms with Crippen molar-refractivity contribution in [3.05, 3.63) is 49.1 Å². The summed E-state index contributed by atoms with van der Waals surface area (Å²) in [6.07, 6.45) is 19.0. The first kappa shape index (κ1) is 26.1. The lowest BCUT2D eigenvalue weighted by Crippen LogP contribution is -2.38. The fourth-order valence-corrected chi connectivity index (χ4v) is 3.62. The molecule has 0 atom stereocenters. The average Bonchev–Trinajstić information content (AvgIpc) is 2.86. The molecule has 0 unspecified atom stereocenters. The standard InChI is InChI=1S/C24H32N10/c25-19-31-23(27)33(21-9-13-29-14-10-21)17-7-5-3-1-2-4-6-8-18-34(24(28)32-20-26)22-11-15-30-16-12-22/h9-16H,1-8,17-18H2,(H2,27,31)(H2,28,32). The first-order valence-corrected chi connectivity index (χ1v) is 11.5. The second kappa shape index (κ2) is 15.6. The van der Waals surface area contributed by atoms with Crippen LogP contribution < -0.4 is 21.3 Å². The molecule has 0 saturated heterocycles. The van der Waals surface area contributed by atoms with Gasteiger partial charge < -0.3 is 21.3 Å². The number of guanidine groups is 2. The maximum absolute atomic E-state index is 8.82. The van der Waals surface area contributed by atoms with E-state index in [9.17, 15) is 0 Å². The number of aromatic nitrogens is 2. The van der Waals surface area contributed by atoms with E-state index in [-0.39, 0.29) is 11.9 Å². The number of nitriles is 2. The Labute approximate surface area is 201 Å². The van der Waals surface area contributed by atoms with Crippen molar-refractivity contribution in [2.24, 2.45) is 21.5 Å². The fourth-order valence-electron chi connectivity index (χ4n) is 3.62. The van der Waals surface area contributed by atoms with Gasteiger partial charge in [0.05, 0.1) is 0 Å². The predicted molar refractivity (Wildman–Crippen MR) is 135 cm³/mol. The van der Waals surface area contributed by atoms with Crippen LogP contribution in [0.15, 0.2) is 59.0 Å². The minimum absolute atomic E-state index is 0.204. The van der Waals surface area contributed by atoms with Gasteiger partial charge in [-0.05, 0) is 37.1 Å². The summed E-state index contributed by atoms with van der Waals surface area (Å²) in [7, 11) is 0. The minimum atomic E-state index is 0.204. The Balaban J connectivity index is 1.64. The summed E-state index contributed by atoms with van der Waals surface area (Å²) in [4.78, 5) is 19.1. The van der Waals surface area contributed by atoms with E-state index in [2.05, 4.69) is 20.0 Å². The van der Waals surface area contributed by atoms with Gasteiger partial charge in [0.25, 0.3) is 0 Å². The monoisotopic (exact) mass is 460 g/mol. The maximum Gasteiger partial charge on any atom is 0.211 e. The van der Waals surface area contributed by atoms with Crippen LogP contribution in [0.4, 0.5) is 11.4 Å². The average molecular weight is 461 g/mol. The zero-order valence-corrected chi connectivity index (χ0v) is 19.4. The minimum Gasteiger partial charge on any atom is -0.369 e. The number of unbranched alkanes of at least 4 members (excludes halogenated alkanes) is 7. The number of pyridine rings is 2. The molecule has 2 aromatic heterocycles. The van der Waals surface area contributed by atoms with Crippen LogP contribution in [0.3, 0.4) is 0 Å². The fraction of sp³-hybridized carbons (Fsp3) is 0.417. The molecule has 0 spiro atoms. The molecule has 0 aliphatic rings. The molecule has 2 heterocycles. The molecule has 0 aliphatic carbocycles. The van der Waals surface area contributed by atoms with Crippen LogP contribution in [-0.4, -0.2) is 35.0 Å². The predicted octanol–water partition coefficient (Wildman–Crippen LogP) is 3.50. The molecule has 34 heavy (non-hydrogen) atoms. The lowest BCUT2D eigenvalue weighted by atomic mass is 10.1. The lowest BCUT2D eigenvalue weighted by Gasteiger charge is -2.23. The molecule has 0 aromatic carbocycles. The van der Waals surface area contributed by atoms with Crippen molar-refractivity contribution in [1.29, 1.82) is 10.5 Å². The molecular formula is C24H32N10. The van der Waals surface area contributed by atoms with Gasteiger partial charge in [-0.25, -0.2) is 0 Å². The number of nitrogens with two attached hydrogens (primary N) is 2. The van der Waals surface area contributed by atoms with Gasteiger partial charge in [0.15, 0.2) is 0 Å². The molecule has 0 aliphatic heterocycles. The van der Waals surface area contributed by atoms with Crippen molar-refractivity contribution >= 4 is 23.3 Å². The molecule has 0 saturated carbocycles. The zero-order chi connectivity index (χ0) is 24.4. The van der Waals surface area contributed by atoms with E-state index in [1.807, 2.05) is 34.1 Å². The van der Waals surface area contributed by atoms with Crippen molar-refractivity contribution < 1.29 is 0 Å². The van der Waals surface area contributed by atoms with E-state index < -0.39 is 0 Å². The van der Waals surface area contributed by atoms with E-state index >= 15 is 0 Å². The third kappa shape index (κ3) is 9.13. The quantitative estimate of drug-likeness (QED) is 0.199. The Kier molecular flexibility index (Phi) is 12.0. The van der Waals surface area contributed by atoms with Crippen LogP contribution in [0, 0.1) is 22.9 Å². The van der Waals surface area contributed by atoms with Gasteiger partial charge in [0.1, 0.15) is 0 Å². The van der Waals surface area contributed by atoms with E-state index in [1.165, 1.54) is 12.8 Å². The number of aliphatic imine (C=N–C) groups is 2. The highest BCUT2D eigenvalue weighted by Crippen LogP contribution is 2.16. The van der Waals surface area contributed by atoms with E-state index in [1.54, 1.807) is 37.2 Å². The molecule has 4 N–H and O–H groups in total. The van der Waals surface area contributed by atoms with Gasteiger partial charge in [0, 0.05) is 49.3 Å². The Morgan fingerprint density at radius 2 is 0.971 bits per heavy atom. The largest absolute Gasteiger partial charge is 0.369 e. The second-order valence-corrected chi connectivity index (χ2v) is 7.68. The van der Waals surface area contributed by atoms with Crippen molar-refractivity contribution in [1.82, 2.24) is 9.97 Å². The highest BCUT2D eigenvalue weighted by molar-refractivity contribution is 5.95. The Morgan fingerprint density at radius 1 is 0.647 bits per heavy atom. The molecule has 0 amide bonds. The normalized spacial score (nSPS) is 11.5. The number of hydrogen-bond donors (Lipinski definition) is 2. The summed E-state index contributed by atoms with van der Waals surface area (Å²) in [6, 6.07) is 7.43. The van der Waals surface area contributed by atoms with Gasteiger partial charge in [-0.3, -0.25) is 9.97 Å². The lowest BCUT2D eigenvalue weighted by molar-refractivity contribution is 0.571. The summed E-state index contributed by atoms with van der Waals surface area (Å²) in [5, 5.41) is 17.6. The molecule has 0 fully saturated rings. The van der Waals surface area contributed by atoms with Gasteiger partial charge in [0.2, 0.25) is 24.3 Å². The van der Waals surface area contributed by atoms with E-state index in [4.69, 9.17) is 22.0 Å². The first-order chi connectivity index (χ1) is 16.7. The van der Waals surface area contributed by atoms with Crippen LogP contribution in [0.5, 0.6) is 0 Å². The van der Waals surface area contributed by atoms with Gasteiger partial charge in [-0.2, -0.15) is 10.5 Å². The van der Waals surface area contributed by atoms with Crippen LogP contribution in [0.2, 0.25) is 0 Å².